The Labute approximate surface area is 97.3 Å². The molecule has 0 unspecified atom stereocenters. The first-order chi connectivity index (χ1) is 7.88. The molecule has 0 saturated carbocycles. The van der Waals surface area contributed by atoms with Crippen LogP contribution in [0.2, 0.25) is 0 Å². The summed E-state index contributed by atoms with van der Waals surface area (Å²) in [6.45, 7) is 3.84. The Bertz CT molecular complexity index is 521. The molecule has 17 heavy (non-hydrogen) atoms. The lowest BCUT2D eigenvalue weighted by molar-refractivity contribution is -0.137. The van der Waals surface area contributed by atoms with Crippen LogP contribution in [0.5, 0.6) is 0 Å². The number of aromatic nitrogens is 1. The minimum Gasteiger partial charge on any atom is -0.358 e. The normalized spacial score (nSPS) is 11.8. The van der Waals surface area contributed by atoms with Gasteiger partial charge in [-0.1, -0.05) is 12.1 Å². The van der Waals surface area contributed by atoms with E-state index in [1.165, 1.54) is 12.1 Å². The lowest BCUT2D eigenvalue weighted by atomic mass is 10.1. The average molecular weight is 239 g/mol. The van der Waals surface area contributed by atoms with Gasteiger partial charge in [0.2, 0.25) is 0 Å². The smallest absolute Gasteiger partial charge is 0.358 e. The van der Waals surface area contributed by atoms with Crippen LogP contribution in [0.1, 0.15) is 16.8 Å². The molecule has 4 heteroatoms. The second kappa shape index (κ2) is 3.95. The molecule has 1 nitrogen and oxygen atoms in total. The zero-order valence-electron chi connectivity index (χ0n) is 9.52. The van der Waals surface area contributed by atoms with Crippen LogP contribution in [0, 0.1) is 13.8 Å². The zero-order chi connectivity index (χ0) is 12.6. The van der Waals surface area contributed by atoms with Crippen molar-refractivity contribution in [3.63, 3.8) is 0 Å². The first-order valence-electron chi connectivity index (χ1n) is 5.22. The Kier molecular flexibility index (Phi) is 2.73. The molecule has 1 aromatic heterocycles. The number of nitrogens with one attached hydrogen (secondary N) is 1. The second-order valence-electron chi connectivity index (χ2n) is 4.09. The van der Waals surface area contributed by atoms with E-state index >= 15 is 0 Å². The molecule has 2 rings (SSSR count). The fourth-order valence-corrected chi connectivity index (χ4v) is 1.85. The van der Waals surface area contributed by atoms with Crippen molar-refractivity contribution in [1.82, 2.24) is 4.98 Å². The van der Waals surface area contributed by atoms with E-state index in [9.17, 15) is 13.2 Å². The fourth-order valence-electron chi connectivity index (χ4n) is 1.85. The predicted molar refractivity (Wildman–Crippen MR) is 60.7 cm³/mol. The van der Waals surface area contributed by atoms with Gasteiger partial charge in [0.25, 0.3) is 0 Å². The van der Waals surface area contributed by atoms with Gasteiger partial charge < -0.3 is 4.98 Å². The minimum absolute atomic E-state index is 0.623. The van der Waals surface area contributed by atoms with Crippen LogP contribution in [0.15, 0.2) is 30.3 Å². The standard InChI is InChI=1S/C13H12F3N/c1-8-7-9(2)17-12(8)10-3-5-11(6-4-10)13(14,15)16/h3-7,17H,1-2H3. The molecule has 1 heterocycles. The molecule has 0 atom stereocenters. The summed E-state index contributed by atoms with van der Waals surface area (Å²) in [6, 6.07) is 7.14. The Balaban J connectivity index is 2.39. The molecule has 0 aliphatic rings. The molecule has 1 aromatic carbocycles. The van der Waals surface area contributed by atoms with Crippen LogP contribution in [0.3, 0.4) is 0 Å². The van der Waals surface area contributed by atoms with Crippen molar-refractivity contribution in [2.75, 3.05) is 0 Å². The Morgan fingerprint density at radius 1 is 1.00 bits per heavy atom. The minimum atomic E-state index is -4.28. The monoisotopic (exact) mass is 239 g/mol. The van der Waals surface area contributed by atoms with Gasteiger partial charge in [-0.2, -0.15) is 13.2 Å². The maximum absolute atomic E-state index is 12.4. The van der Waals surface area contributed by atoms with E-state index in [0.29, 0.717) is 0 Å². The van der Waals surface area contributed by atoms with Gasteiger partial charge in [-0.15, -0.1) is 0 Å². The van der Waals surface area contributed by atoms with Gasteiger partial charge in [-0.05, 0) is 43.2 Å². The van der Waals surface area contributed by atoms with E-state index in [2.05, 4.69) is 4.98 Å². The van der Waals surface area contributed by atoms with Crippen LogP contribution in [-0.4, -0.2) is 4.98 Å². The number of hydrogen-bond donors (Lipinski definition) is 1. The number of aromatic amines is 1. The van der Waals surface area contributed by atoms with E-state index in [4.69, 9.17) is 0 Å². The second-order valence-corrected chi connectivity index (χ2v) is 4.09. The summed E-state index contributed by atoms with van der Waals surface area (Å²) in [6.07, 6.45) is -4.28. The third kappa shape index (κ3) is 2.35. The number of halogens is 3. The van der Waals surface area contributed by atoms with Crippen LogP contribution in [0.4, 0.5) is 13.2 Å². The number of benzene rings is 1. The first kappa shape index (κ1) is 11.8. The van der Waals surface area contributed by atoms with Crippen molar-refractivity contribution in [1.29, 1.82) is 0 Å². The summed E-state index contributed by atoms with van der Waals surface area (Å²) < 4.78 is 37.2. The quantitative estimate of drug-likeness (QED) is 0.762. The van der Waals surface area contributed by atoms with Crippen molar-refractivity contribution in [3.8, 4) is 11.3 Å². The van der Waals surface area contributed by atoms with E-state index < -0.39 is 11.7 Å². The highest BCUT2D eigenvalue weighted by Gasteiger charge is 2.30. The molecular formula is C13H12F3N. The third-order valence-corrected chi connectivity index (χ3v) is 2.65. The predicted octanol–water partition coefficient (Wildman–Crippen LogP) is 4.32. The fraction of sp³-hybridized carbons (Fsp3) is 0.231. The lowest BCUT2D eigenvalue weighted by Crippen LogP contribution is -2.04. The topological polar surface area (TPSA) is 15.8 Å². The summed E-state index contributed by atoms with van der Waals surface area (Å²) >= 11 is 0. The van der Waals surface area contributed by atoms with E-state index in [1.807, 2.05) is 19.9 Å². The molecule has 0 aliphatic carbocycles. The highest BCUT2D eigenvalue weighted by molar-refractivity contribution is 5.64. The lowest BCUT2D eigenvalue weighted by Gasteiger charge is -2.07. The largest absolute Gasteiger partial charge is 0.416 e. The summed E-state index contributed by atoms with van der Waals surface area (Å²) in [5, 5.41) is 0. The number of rotatable bonds is 1. The zero-order valence-corrected chi connectivity index (χ0v) is 9.52. The van der Waals surface area contributed by atoms with Gasteiger partial charge >= 0.3 is 6.18 Å². The van der Waals surface area contributed by atoms with Gasteiger partial charge in [0.15, 0.2) is 0 Å². The molecule has 90 valence electrons. The highest BCUT2D eigenvalue weighted by Crippen LogP contribution is 2.31. The average Bonchev–Trinajstić information content (AvgIpc) is 2.57. The SMILES string of the molecule is Cc1cc(C)c(-c2ccc(C(F)(F)F)cc2)[nH]1. The van der Waals surface area contributed by atoms with Crippen LogP contribution >= 0.6 is 0 Å². The van der Waals surface area contributed by atoms with Crippen molar-refractivity contribution < 1.29 is 13.2 Å². The van der Waals surface area contributed by atoms with E-state index in [-0.39, 0.29) is 0 Å². The van der Waals surface area contributed by atoms with Gasteiger partial charge in [-0.3, -0.25) is 0 Å². The number of alkyl halides is 3. The van der Waals surface area contributed by atoms with Crippen molar-refractivity contribution in [2.45, 2.75) is 20.0 Å². The van der Waals surface area contributed by atoms with E-state index in [1.54, 1.807) is 0 Å². The van der Waals surface area contributed by atoms with Crippen LogP contribution < -0.4 is 0 Å². The number of aryl methyl sites for hydroxylation is 2. The first-order valence-corrected chi connectivity index (χ1v) is 5.22. The summed E-state index contributed by atoms with van der Waals surface area (Å²) in [5.41, 5.74) is 3.04. The highest BCUT2D eigenvalue weighted by atomic mass is 19.4. The maximum atomic E-state index is 12.4. The summed E-state index contributed by atoms with van der Waals surface area (Å²) in [5.74, 6) is 0. The summed E-state index contributed by atoms with van der Waals surface area (Å²) in [4.78, 5) is 3.14. The molecular weight excluding hydrogens is 227 g/mol. The van der Waals surface area contributed by atoms with Gasteiger partial charge in [0.05, 0.1) is 5.56 Å². The Morgan fingerprint density at radius 3 is 2.00 bits per heavy atom. The van der Waals surface area contributed by atoms with Gasteiger partial charge in [-0.25, -0.2) is 0 Å². The van der Waals surface area contributed by atoms with E-state index in [0.717, 1.165) is 34.6 Å². The number of H-pyrrole nitrogens is 1. The molecule has 0 spiro atoms. The third-order valence-electron chi connectivity index (χ3n) is 2.65. The molecule has 0 amide bonds. The summed E-state index contributed by atoms with van der Waals surface area (Å²) in [7, 11) is 0. The van der Waals surface area contributed by atoms with Crippen molar-refractivity contribution >= 4 is 0 Å². The molecule has 0 radical (unpaired) electrons. The molecule has 2 aromatic rings. The van der Waals surface area contributed by atoms with Crippen molar-refractivity contribution in [2.24, 2.45) is 0 Å². The number of hydrogen-bond acceptors (Lipinski definition) is 0. The Hall–Kier alpha value is -1.71. The van der Waals surface area contributed by atoms with Crippen molar-refractivity contribution in [3.05, 3.63) is 47.2 Å². The van der Waals surface area contributed by atoms with Crippen LogP contribution in [-0.2, 0) is 6.18 Å². The molecule has 0 fully saturated rings. The molecule has 1 N–H and O–H groups in total. The van der Waals surface area contributed by atoms with Crippen LogP contribution in [0.25, 0.3) is 11.3 Å². The van der Waals surface area contributed by atoms with Gasteiger partial charge in [0.1, 0.15) is 0 Å². The molecule has 0 aliphatic heterocycles. The molecule has 0 saturated heterocycles. The van der Waals surface area contributed by atoms with Gasteiger partial charge in [0, 0.05) is 11.4 Å². The molecule has 0 bridgehead atoms. The maximum Gasteiger partial charge on any atom is 0.416 e. The Morgan fingerprint density at radius 2 is 1.59 bits per heavy atom.